The van der Waals surface area contributed by atoms with Crippen molar-refractivity contribution in [2.45, 2.75) is 126 Å². The second-order valence-electron chi connectivity index (χ2n) is 19.4. The van der Waals surface area contributed by atoms with Crippen molar-refractivity contribution in [3.05, 3.63) is 41.6 Å². The zero-order valence-electron chi connectivity index (χ0n) is 37.3. The molecule has 5 heterocycles. The van der Waals surface area contributed by atoms with E-state index in [2.05, 4.69) is 19.9 Å². The van der Waals surface area contributed by atoms with Crippen LogP contribution in [0.5, 0.6) is 11.5 Å². The maximum absolute atomic E-state index is 15.0. The predicted octanol–water partition coefficient (Wildman–Crippen LogP) is 5.23. The molecule has 1 spiro atoms. The van der Waals surface area contributed by atoms with Gasteiger partial charge in [-0.1, -0.05) is 38.8 Å². The monoisotopic (exact) mass is 931 g/mol. The summed E-state index contributed by atoms with van der Waals surface area (Å²) in [5.41, 5.74) is -4.04. The topological polar surface area (TPSA) is 183 Å². The molecule has 15 nitrogen and oxygen atoms in total. The number of allylic oxidation sites excluding steroid dienone is 1. The zero-order chi connectivity index (χ0) is 46.4. The first-order chi connectivity index (χ1) is 30.8. The molecule has 3 amide bonds. The number of nitrogens with one attached hydrogen (secondary N) is 2. The third kappa shape index (κ3) is 10.1. The van der Waals surface area contributed by atoms with Crippen molar-refractivity contribution in [1.29, 1.82) is 0 Å². The lowest BCUT2D eigenvalue weighted by molar-refractivity contribution is -0.151. The Morgan fingerprint density at radius 2 is 1.85 bits per heavy atom. The summed E-state index contributed by atoms with van der Waals surface area (Å²) in [5.74, 6) is -4.31. The van der Waals surface area contributed by atoms with Crippen LogP contribution in [0.3, 0.4) is 0 Å². The summed E-state index contributed by atoms with van der Waals surface area (Å²) < 4.78 is 96.1. The average Bonchev–Trinajstić information content (AvgIpc) is 4.15. The Morgan fingerprint density at radius 1 is 1.08 bits per heavy atom. The van der Waals surface area contributed by atoms with Crippen LogP contribution in [0.1, 0.15) is 103 Å². The second-order valence-corrected chi connectivity index (χ2v) is 21.6. The highest BCUT2D eigenvalue weighted by Gasteiger charge is 2.64. The molecule has 0 unspecified atom stereocenters. The third-order valence-electron chi connectivity index (χ3n) is 13.9. The number of carbonyl (C=O) groups excluding carboxylic acids is 4. The first-order valence-electron chi connectivity index (χ1n) is 23.0. The van der Waals surface area contributed by atoms with Gasteiger partial charge in [0.05, 0.1) is 43.0 Å². The lowest BCUT2D eigenvalue weighted by Gasteiger charge is -2.37. The molecule has 5 atom stereocenters. The smallest absolute Gasteiger partial charge is 0.437 e. The summed E-state index contributed by atoms with van der Waals surface area (Å²) in [5, 5.41) is 3.25. The number of nitrogens with zero attached hydrogens (tertiary/aromatic N) is 3. The van der Waals surface area contributed by atoms with Gasteiger partial charge in [0.25, 0.3) is 5.91 Å². The molecule has 1 aromatic carbocycles. The fraction of sp³-hybridized carbons (Fsp3) is 0.674. The highest BCUT2D eigenvalue weighted by Crippen LogP contribution is 2.51. The number of hydrogen-bond acceptors (Lipinski definition) is 12. The minimum atomic E-state index is -4.94. The number of aryl methyl sites for hydroxylation is 1. The number of aromatic nitrogens is 1. The maximum Gasteiger partial charge on any atom is 0.437 e. The Balaban J connectivity index is 1.12. The number of rotatable bonds is 11. The van der Waals surface area contributed by atoms with Gasteiger partial charge in [-0.15, -0.1) is 0 Å². The third-order valence-corrected chi connectivity index (χ3v) is 16.1. The molecule has 2 N–H and O–H groups in total. The Hall–Kier alpha value is -4.49. The van der Waals surface area contributed by atoms with E-state index in [1.165, 1.54) is 11.0 Å². The molecule has 1 aromatic heterocycles. The molecular weight excluding hydrogens is 872 g/mol. The van der Waals surface area contributed by atoms with Crippen molar-refractivity contribution in [3.8, 4) is 11.5 Å². The Labute approximate surface area is 377 Å². The largest absolute Gasteiger partial charge is 0.492 e. The average molecular weight is 932 g/mol. The summed E-state index contributed by atoms with van der Waals surface area (Å²) in [6.07, 6.45) is 2.20. The first-order valence-corrected chi connectivity index (χ1v) is 24.5. The van der Waals surface area contributed by atoms with Gasteiger partial charge < -0.3 is 29.2 Å². The minimum absolute atomic E-state index is 0.0408. The molecule has 2 saturated carbocycles. The lowest BCUT2D eigenvalue weighted by atomic mass is 9.87. The van der Waals surface area contributed by atoms with Crippen LogP contribution in [0, 0.1) is 17.8 Å². The molecule has 2 aromatic rings. The van der Waals surface area contributed by atoms with E-state index in [-0.39, 0.29) is 68.7 Å². The molecule has 0 radical (unpaired) electrons. The van der Waals surface area contributed by atoms with Crippen LogP contribution in [0.25, 0.3) is 10.9 Å². The number of halogens is 3. The van der Waals surface area contributed by atoms with Crippen molar-refractivity contribution < 1.29 is 59.7 Å². The number of hydrogen-bond donors (Lipinski definition) is 2. The molecule has 2 saturated heterocycles. The molecule has 19 heteroatoms. The maximum atomic E-state index is 15.0. The van der Waals surface area contributed by atoms with E-state index < -0.39 is 85.1 Å². The highest BCUT2D eigenvalue weighted by atomic mass is 32.2. The quantitative estimate of drug-likeness (QED) is 0.222. The number of esters is 1. The van der Waals surface area contributed by atoms with Gasteiger partial charge in [-0.25, -0.2) is 13.4 Å². The number of carbonyl (C=O) groups is 4. The predicted molar refractivity (Wildman–Crippen MR) is 231 cm³/mol. The number of benzene rings is 1. The number of alkyl halides is 3. The van der Waals surface area contributed by atoms with Crippen LogP contribution in [-0.2, 0) is 51.3 Å². The Bertz CT molecular complexity index is 2320. The van der Waals surface area contributed by atoms with E-state index in [0.717, 1.165) is 19.5 Å². The number of morpholine rings is 1. The van der Waals surface area contributed by atoms with E-state index in [9.17, 15) is 40.8 Å². The van der Waals surface area contributed by atoms with Crippen LogP contribution in [0.4, 0.5) is 13.2 Å². The fourth-order valence-corrected chi connectivity index (χ4v) is 10.9. The number of fused-ring (bicyclic) bond motifs is 5. The van der Waals surface area contributed by atoms with E-state index >= 15 is 0 Å². The minimum Gasteiger partial charge on any atom is -0.492 e. The van der Waals surface area contributed by atoms with Gasteiger partial charge in [0.1, 0.15) is 29.5 Å². The molecule has 65 heavy (non-hydrogen) atoms. The van der Waals surface area contributed by atoms with Gasteiger partial charge in [-0.2, -0.15) is 13.2 Å². The van der Waals surface area contributed by atoms with E-state index in [1.807, 2.05) is 19.9 Å². The van der Waals surface area contributed by atoms with Crippen molar-refractivity contribution in [1.82, 2.24) is 24.8 Å². The first kappa shape index (κ1) is 47.0. The van der Waals surface area contributed by atoms with Gasteiger partial charge in [0, 0.05) is 48.8 Å². The SMILES string of the molecule is CC(C)COC(=O)C[C@H]1CCCCC/C=C\[C@@H]2C[C@@]2(C(=O)NS(=O)(=O)C2(C)CC2)NC(=O)[C@@H]2C[C@]3(CCc4c(c(C(F)(F)F)nc5ccc(OCCN6CCOCC6)cc45)O3)CN2C1=O. The summed E-state index contributed by atoms with van der Waals surface area (Å²) in [4.78, 5) is 64.4. The molecule has 4 fully saturated rings. The van der Waals surface area contributed by atoms with E-state index in [4.69, 9.17) is 18.9 Å². The summed E-state index contributed by atoms with van der Waals surface area (Å²) in [6, 6.07) is 3.38. The number of sulfonamides is 1. The molecule has 356 valence electrons. The summed E-state index contributed by atoms with van der Waals surface area (Å²) in [7, 11) is -4.10. The number of pyridine rings is 1. The van der Waals surface area contributed by atoms with Gasteiger partial charge >= 0.3 is 12.1 Å². The summed E-state index contributed by atoms with van der Waals surface area (Å²) >= 11 is 0. The second kappa shape index (κ2) is 18.3. The highest BCUT2D eigenvalue weighted by molar-refractivity contribution is 7.91. The Kier molecular flexibility index (Phi) is 13.2. The molecule has 0 bridgehead atoms. The normalized spacial score (nSPS) is 28.8. The van der Waals surface area contributed by atoms with Gasteiger partial charge in [-0.05, 0) is 82.4 Å². The Morgan fingerprint density at radius 3 is 2.57 bits per heavy atom. The van der Waals surface area contributed by atoms with Crippen LogP contribution in [0.2, 0.25) is 0 Å². The van der Waals surface area contributed by atoms with Crippen LogP contribution in [-0.4, -0.2) is 121 Å². The van der Waals surface area contributed by atoms with Crippen LogP contribution in [0.15, 0.2) is 30.4 Å². The van der Waals surface area contributed by atoms with Crippen molar-refractivity contribution in [2.24, 2.45) is 17.8 Å². The standard InChI is InChI=1S/C46H60F3N5O10S/c1-29(2)27-63-37(55)23-30-9-7-5-4-6-8-10-31-25-45(31,42(58)52-65(59,60)43(3)15-16-43)51-40(56)36-26-44(28-54(36)41(30)57)14-13-33-34-24-32(62-22-19-53-17-20-61-21-18-53)11-12-35(34)50-39(38(33)64-44)46(47,48)49/h8,10-12,24,29-31,36H,4-7,9,13-23,25-28H2,1-3H3,(H,51,56)(H,52,58)/b10-8-/t30-,31-,36+,44-,45-/m1/s1. The molecule has 2 aliphatic carbocycles. The lowest BCUT2D eigenvalue weighted by Crippen LogP contribution is -2.57. The molecular formula is C46H60F3N5O10S. The summed E-state index contributed by atoms with van der Waals surface area (Å²) in [6.45, 7) is 8.94. The van der Waals surface area contributed by atoms with Crippen LogP contribution < -0.4 is 19.5 Å². The van der Waals surface area contributed by atoms with Gasteiger partial charge in [-0.3, -0.25) is 28.8 Å². The van der Waals surface area contributed by atoms with Crippen LogP contribution >= 0.6 is 0 Å². The fourth-order valence-electron chi connectivity index (χ4n) is 9.56. The number of amides is 3. The number of ether oxygens (including phenoxy) is 4. The molecule has 8 rings (SSSR count). The van der Waals surface area contributed by atoms with E-state index in [1.54, 1.807) is 25.1 Å². The molecule has 4 aliphatic heterocycles. The van der Waals surface area contributed by atoms with Crippen molar-refractivity contribution in [3.63, 3.8) is 0 Å². The zero-order valence-corrected chi connectivity index (χ0v) is 38.1. The van der Waals surface area contributed by atoms with Gasteiger partial charge in [0.15, 0.2) is 11.4 Å². The van der Waals surface area contributed by atoms with E-state index in [0.29, 0.717) is 69.6 Å². The van der Waals surface area contributed by atoms with Gasteiger partial charge in [0.2, 0.25) is 21.8 Å². The van der Waals surface area contributed by atoms with Crippen molar-refractivity contribution in [2.75, 3.05) is 52.6 Å². The van der Waals surface area contributed by atoms with Crippen molar-refractivity contribution >= 4 is 44.6 Å². The molecule has 6 aliphatic rings.